The minimum absolute atomic E-state index is 0.0392. The fourth-order valence-corrected chi connectivity index (χ4v) is 2.73. The van der Waals surface area contributed by atoms with Crippen LogP contribution in [0.1, 0.15) is 11.1 Å². The van der Waals surface area contributed by atoms with Crippen LogP contribution < -0.4 is 10.4 Å². The summed E-state index contributed by atoms with van der Waals surface area (Å²) < 4.78 is 1.03. The molecule has 1 heterocycles. The zero-order valence-electron chi connectivity index (χ0n) is 13.3. The van der Waals surface area contributed by atoms with Crippen molar-refractivity contribution in [2.75, 3.05) is 5.01 Å². The number of carbonyl (C=O) groups excluding carboxylic acids is 2. The van der Waals surface area contributed by atoms with Gasteiger partial charge < -0.3 is 5.11 Å². The molecule has 2 aromatic rings. The number of hydrogen-bond acceptors (Lipinski definition) is 3. The molecule has 0 bridgehead atoms. The normalized spacial score (nSPS) is 15.7. The van der Waals surface area contributed by atoms with Gasteiger partial charge in [-0.15, -0.1) is 0 Å². The summed E-state index contributed by atoms with van der Waals surface area (Å²) in [5, 5.41) is 9.84. The molecule has 1 saturated heterocycles. The van der Waals surface area contributed by atoms with Gasteiger partial charge in [0.1, 0.15) is 5.57 Å². The first-order valence-electron chi connectivity index (χ1n) is 7.58. The minimum atomic E-state index is -1.03. The van der Waals surface area contributed by atoms with E-state index in [9.17, 15) is 14.4 Å². The number of amides is 2. The second kappa shape index (κ2) is 7.52. The van der Waals surface area contributed by atoms with Gasteiger partial charge in [0.2, 0.25) is 0 Å². The largest absolute Gasteiger partial charge is 0.478 e. The van der Waals surface area contributed by atoms with E-state index in [-0.39, 0.29) is 5.57 Å². The van der Waals surface area contributed by atoms with E-state index in [2.05, 4.69) is 28.0 Å². The summed E-state index contributed by atoms with van der Waals surface area (Å²) in [6, 6.07) is 14.0. The first-order chi connectivity index (χ1) is 12.4. The van der Waals surface area contributed by atoms with Crippen molar-refractivity contribution < 1.29 is 19.5 Å². The molecule has 7 heteroatoms. The highest BCUT2D eigenvalue weighted by molar-refractivity contribution is 14.1. The number of hydrazine groups is 1. The highest BCUT2D eigenvalue weighted by atomic mass is 127. The van der Waals surface area contributed by atoms with E-state index in [4.69, 9.17) is 5.11 Å². The molecule has 2 amide bonds. The fourth-order valence-electron chi connectivity index (χ4n) is 2.37. The van der Waals surface area contributed by atoms with E-state index >= 15 is 0 Å². The van der Waals surface area contributed by atoms with Gasteiger partial charge in [0, 0.05) is 9.65 Å². The van der Waals surface area contributed by atoms with Crippen LogP contribution in [0.3, 0.4) is 0 Å². The Bertz CT molecular complexity index is 931. The lowest BCUT2D eigenvalue weighted by Crippen LogP contribution is -2.35. The average Bonchev–Trinajstić information content (AvgIpc) is 2.90. The number of carboxylic acids is 1. The number of carboxylic acid groups (broad SMARTS) is 1. The van der Waals surface area contributed by atoms with Crippen molar-refractivity contribution >= 4 is 58.2 Å². The van der Waals surface area contributed by atoms with E-state index in [0.29, 0.717) is 16.8 Å². The SMILES string of the molecule is O=C(O)C=Cc1ccc(C=C2C(=O)NN(c3ccc(I)cc3)C2=O)cc1. The van der Waals surface area contributed by atoms with Crippen LogP contribution in [0, 0.1) is 3.57 Å². The first kappa shape index (κ1) is 17.9. The van der Waals surface area contributed by atoms with Crippen molar-refractivity contribution in [2.24, 2.45) is 0 Å². The van der Waals surface area contributed by atoms with Crippen LogP contribution in [0.15, 0.2) is 60.2 Å². The highest BCUT2D eigenvalue weighted by Crippen LogP contribution is 2.22. The molecule has 0 radical (unpaired) electrons. The maximum atomic E-state index is 12.5. The molecule has 0 atom stereocenters. The molecule has 1 aliphatic rings. The molecule has 0 aromatic heterocycles. The van der Waals surface area contributed by atoms with Crippen LogP contribution in [-0.4, -0.2) is 22.9 Å². The quantitative estimate of drug-likeness (QED) is 0.418. The Kier molecular flexibility index (Phi) is 5.17. The van der Waals surface area contributed by atoms with Crippen molar-refractivity contribution in [3.63, 3.8) is 0 Å². The van der Waals surface area contributed by atoms with Crippen molar-refractivity contribution in [3.05, 3.63) is 74.9 Å². The molecule has 2 N–H and O–H groups in total. The van der Waals surface area contributed by atoms with Crippen LogP contribution in [-0.2, 0) is 14.4 Å². The Morgan fingerprint density at radius 1 is 1.00 bits per heavy atom. The molecule has 0 unspecified atom stereocenters. The molecule has 6 nitrogen and oxygen atoms in total. The smallest absolute Gasteiger partial charge is 0.328 e. The molecule has 0 spiro atoms. The van der Waals surface area contributed by atoms with Crippen molar-refractivity contribution in [3.8, 4) is 0 Å². The van der Waals surface area contributed by atoms with Gasteiger partial charge in [0.05, 0.1) is 5.69 Å². The van der Waals surface area contributed by atoms with Crippen LogP contribution in [0.4, 0.5) is 5.69 Å². The number of halogens is 1. The van der Waals surface area contributed by atoms with Gasteiger partial charge in [0.25, 0.3) is 11.8 Å². The lowest BCUT2D eigenvalue weighted by molar-refractivity contribution is -0.131. The molecule has 130 valence electrons. The summed E-state index contributed by atoms with van der Waals surface area (Å²) in [5.74, 6) is -1.92. The van der Waals surface area contributed by atoms with Gasteiger partial charge in [-0.3, -0.25) is 15.0 Å². The number of hydrogen-bond donors (Lipinski definition) is 2. The van der Waals surface area contributed by atoms with Crippen LogP contribution in [0.2, 0.25) is 0 Å². The van der Waals surface area contributed by atoms with E-state index in [1.54, 1.807) is 36.4 Å². The molecular formula is C19H13IN2O4. The molecule has 0 saturated carbocycles. The Labute approximate surface area is 162 Å². The van der Waals surface area contributed by atoms with Gasteiger partial charge >= 0.3 is 5.97 Å². The third-order valence-corrected chi connectivity index (χ3v) is 4.36. The maximum Gasteiger partial charge on any atom is 0.328 e. The standard InChI is InChI=1S/C19H13IN2O4/c20-14-6-8-15(9-7-14)22-19(26)16(18(25)21-22)11-13-3-1-12(2-4-13)5-10-17(23)24/h1-11H,(H,21,25)(H,23,24). The lowest BCUT2D eigenvalue weighted by atomic mass is 10.1. The number of aliphatic carboxylic acids is 1. The fraction of sp³-hybridized carbons (Fsp3) is 0. The minimum Gasteiger partial charge on any atom is -0.478 e. The van der Waals surface area contributed by atoms with E-state index in [1.807, 2.05) is 12.1 Å². The summed E-state index contributed by atoms with van der Waals surface area (Å²) in [7, 11) is 0. The summed E-state index contributed by atoms with van der Waals surface area (Å²) in [4.78, 5) is 35.2. The predicted molar refractivity (Wildman–Crippen MR) is 106 cm³/mol. The second-order valence-corrected chi connectivity index (χ2v) is 6.70. The zero-order valence-corrected chi connectivity index (χ0v) is 15.5. The van der Waals surface area contributed by atoms with Gasteiger partial charge in [-0.2, -0.15) is 0 Å². The number of benzene rings is 2. The third kappa shape index (κ3) is 3.99. The Balaban J connectivity index is 1.82. The van der Waals surface area contributed by atoms with E-state index in [1.165, 1.54) is 17.2 Å². The summed E-state index contributed by atoms with van der Waals surface area (Å²) in [5.41, 5.74) is 4.55. The Morgan fingerprint density at radius 2 is 1.62 bits per heavy atom. The van der Waals surface area contributed by atoms with Crippen molar-refractivity contribution in [1.29, 1.82) is 0 Å². The van der Waals surface area contributed by atoms with Gasteiger partial charge in [-0.25, -0.2) is 9.80 Å². The number of anilines is 1. The van der Waals surface area contributed by atoms with Crippen LogP contribution in [0.5, 0.6) is 0 Å². The maximum absolute atomic E-state index is 12.5. The first-order valence-corrected chi connectivity index (χ1v) is 8.66. The van der Waals surface area contributed by atoms with Gasteiger partial charge in [0.15, 0.2) is 0 Å². The molecule has 0 aliphatic carbocycles. The van der Waals surface area contributed by atoms with Crippen molar-refractivity contribution in [1.82, 2.24) is 5.43 Å². The Hall–Kier alpha value is -2.94. The highest BCUT2D eigenvalue weighted by Gasteiger charge is 2.34. The molecule has 2 aromatic carbocycles. The predicted octanol–water partition coefficient (Wildman–Crippen LogP) is 2.85. The second-order valence-electron chi connectivity index (χ2n) is 5.45. The molecule has 1 aliphatic heterocycles. The summed E-state index contributed by atoms with van der Waals surface area (Å²) in [6.45, 7) is 0. The number of nitrogens with one attached hydrogen (secondary N) is 1. The number of rotatable bonds is 4. The molecule has 26 heavy (non-hydrogen) atoms. The zero-order chi connectivity index (χ0) is 18.7. The van der Waals surface area contributed by atoms with E-state index < -0.39 is 17.8 Å². The Morgan fingerprint density at radius 3 is 2.23 bits per heavy atom. The van der Waals surface area contributed by atoms with Crippen LogP contribution >= 0.6 is 22.6 Å². The van der Waals surface area contributed by atoms with E-state index in [0.717, 1.165) is 9.65 Å². The van der Waals surface area contributed by atoms with Gasteiger partial charge in [-0.1, -0.05) is 24.3 Å². The molecular weight excluding hydrogens is 447 g/mol. The summed E-state index contributed by atoms with van der Waals surface area (Å²) >= 11 is 2.16. The number of nitrogens with zero attached hydrogens (tertiary/aromatic N) is 1. The summed E-state index contributed by atoms with van der Waals surface area (Å²) in [6.07, 6.45) is 4.01. The monoisotopic (exact) mass is 460 g/mol. The third-order valence-electron chi connectivity index (χ3n) is 3.64. The molecule has 3 rings (SSSR count). The topological polar surface area (TPSA) is 86.7 Å². The average molecular weight is 460 g/mol. The van der Waals surface area contributed by atoms with Gasteiger partial charge in [-0.05, 0) is 70.1 Å². The molecule has 1 fully saturated rings. The number of carbonyl (C=O) groups is 3. The van der Waals surface area contributed by atoms with Crippen molar-refractivity contribution in [2.45, 2.75) is 0 Å². The lowest BCUT2D eigenvalue weighted by Gasteiger charge is -2.14. The van der Waals surface area contributed by atoms with Crippen LogP contribution in [0.25, 0.3) is 12.2 Å².